The zero-order valence-electron chi connectivity index (χ0n) is 16.5. The number of benzene rings is 2. The largest absolute Gasteiger partial charge is 0.380 e. The maximum absolute atomic E-state index is 12.9. The van der Waals surface area contributed by atoms with E-state index in [0.29, 0.717) is 25.3 Å². The van der Waals surface area contributed by atoms with Crippen LogP contribution in [0.1, 0.15) is 46.8 Å². The van der Waals surface area contributed by atoms with E-state index < -0.39 is 0 Å². The third-order valence-corrected chi connectivity index (χ3v) is 6.34. The van der Waals surface area contributed by atoms with Crippen molar-refractivity contribution < 1.29 is 9.53 Å². The van der Waals surface area contributed by atoms with Crippen molar-refractivity contribution in [1.82, 2.24) is 4.57 Å². The summed E-state index contributed by atoms with van der Waals surface area (Å²) in [5.74, 6) is -0.165. The van der Waals surface area contributed by atoms with Crippen LogP contribution in [0.3, 0.4) is 0 Å². The van der Waals surface area contributed by atoms with Crippen molar-refractivity contribution >= 4 is 27.5 Å². The number of nitrogens with zero attached hydrogens (tertiary/aromatic N) is 2. The number of carbonyl (C=O) groups excluding carboxylic acids is 1. The molecule has 5 heteroatoms. The highest BCUT2D eigenvalue weighted by Crippen LogP contribution is 2.23. The molecule has 1 aromatic heterocycles. The van der Waals surface area contributed by atoms with Crippen LogP contribution >= 0.6 is 11.3 Å². The van der Waals surface area contributed by atoms with Gasteiger partial charge in [0, 0.05) is 18.7 Å². The highest BCUT2D eigenvalue weighted by Gasteiger charge is 2.14. The van der Waals surface area contributed by atoms with E-state index in [1.807, 2.05) is 19.1 Å². The van der Waals surface area contributed by atoms with Gasteiger partial charge in [-0.3, -0.25) is 4.79 Å². The minimum Gasteiger partial charge on any atom is -0.380 e. The van der Waals surface area contributed by atoms with Gasteiger partial charge in [-0.2, -0.15) is 4.99 Å². The number of carbonyl (C=O) groups is 1. The highest BCUT2D eigenvalue weighted by molar-refractivity contribution is 7.16. The molecule has 1 aliphatic carbocycles. The van der Waals surface area contributed by atoms with Crippen LogP contribution in [0.5, 0.6) is 0 Å². The van der Waals surface area contributed by atoms with Gasteiger partial charge in [0.25, 0.3) is 5.91 Å². The van der Waals surface area contributed by atoms with Crippen molar-refractivity contribution in [2.45, 2.75) is 46.1 Å². The Morgan fingerprint density at radius 2 is 1.96 bits per heavy atom. The molecule has 4 rings (SSSR count). The van der Waals surface area contributed by atoms with Gasteiger partial charge in [-0.05, 0) is 80.5 Å². The van der Waals surface area contributed by atoms with Crippen LogP contribution < -0.4 is 4.80 Å². The van der Waals surface area contributed by atoms with Gasteiger partial charge < -0.3 is 9.30 Å². The molecule has 0 spiro atoms. The average Bonchev–Trinajstić information content (AvgIpc) is 3.04. The predicted molar refractivity (Wildman–Crippen MR) is 114 cm³/mol. The standard InChI is InChI=1S/C23H26N2O2S/c1-3-27-13-12-25-20-11-8-16(2)14-21(20)28-23(25)24-22(26)19-10-9-17-6-4-5-7-18(17)15-19/h8-11,14-15H,3-7,12-13H2,1-2H3. The van der Waals surface area contributed by atoms with E-state index in [-0.39, 0.29) is 5.91 Å². The molecule has 1 amide bonds. The number of fused-ring (bicyclic) bond motifs is 2. The lowest BCUT2D eigenvalue weighted by Gasteiger charge is -2.15. The quantitative estimate of drug-likeness (QED) is 0.590. The smallest absolute Gasteiger partial charge is 0.279 e. The number of aryl methyl sites for hydroxylation is 3. The molecular weight excluding hydrogens is 368 g/mol. The van der Waals surface area contributed by atoms with Gasteiger partial charge in [0.1, 0.15) is 0 Å². The van der Waals surface area contributed by atoms with Crippen molar-refractivity contribution in [3.8, 4) is 0 Å². The minimum atomic E-state index is -0.165. The molecule has 0 bridgehead atoms. The molecule has 0 fully saturated rings. The number of rotatable bonds is 5. The molecule has 1 heterocycles. The van der Waals surface area contributed by atoms with E-state index in [1.165, 1.54) is 29.5 Å². The summed E-state index contributed by atoms with van der Waals surface area (Å²) >= 11 is 1.57. The first kappa shape index (κ1) is 19.1. The predicted octanol–water partition coefficient (Wildman–Crippen LogP) is 4.67. The van der Waals surface area contributed by atoms with Crippen LogP contribution in [0.15, 0.2) is 41.4 Å². The summed E-state index contributed by atoms with van der Waals surface area (Å²) in [5, 5.41) is 0. The van der Waals surface area contributed by atoms with Gasteiger partial charge in [-0.15, -0.1) is 0 Å². The number of aromatic nitrogens is 1. The first-order valence-corrected chi connectivity index (χ1v) is 10.9. The first-order valence-electron chi connectivity index (χ1n) is 10.0. The molecular formula is C23H26N2O2S. The van der Waals surface area contributed by atoms with E-state index in [0.717, 1.165) is 27.9 Å². The van der Waals surface area contributed by atoms with Crippen molar-refractivity contribution in [1.29, 1.82) is 0 Å². The first-order chi connectivity index (χ1) is 13.7. The van der Waals surface area contributed by atoms with Gasteiger partial charge in [-0.25, -0.2) is 0 Å². The fraction of sp³-hybridized carbons (Fsp3) is 0.391. The summed E-state index contributed by atoms with van der Waals surface area (Å²) in [5.41, 5.74) is 5.69. The Labute approximate surface area is 169 Å². The van der Waals surface area contributed by atoms with E-state index in [2.05, 4.69) is 40.7 Å². The summed E-state index contributed by atoms with van der Waals surface area (Å²) in [4.78, 5) is 18.2. The number of hydrogen-bond acceptors (Lipinski definition) is 3. The lowest BCUT2D eigenvalue weighted by molar-refractivity contribution is 0.0996. The molecule has 0 radical (unpaired) electrons. The van der Waals surface area contributed by atoms with Gasteiger partial charge in [0.05, 0.1) is 16.8 Å². The molecule has 0 saturated carbocycles. The Morgan fingerprint density at radius 3 is 2.79 bits per heavy atom. The van der Waals surface area contributed by atoms with Gasteiger partial charge in [0.2, 0.25) is 0 Å². The number of ether oxygens (including phenoxy) is 1. The molecule has 0 aliphatic heterocycles. The highest BCUT2D eigenvalue weighted by atomic mass is 32.1. The Kier molecular flexibility index (Phi) is 5.74. The Morgan fingerprint density at radius 1 is 1.14 bits per heavy atom. The van der Waals surface area contributed by atoms with Crippen molar-refractivity contribution in [3.05, 3.63) is 63.5 Å². The fourth-order valence-corrected chi connectivity index (χ4v) is 4.95. The maximum Gasteiger partial charge on any atom is 0.279 e. The fourth-order valence-electron chi connectivity index (χ4n) is 3.80. The van der Waals surface area contributed by atoms with Crippen LogP contribution in [-0.4, -0.2) is 23.7 Å². The SMILES string of the molecule is CCOCCn1c(=NC(=O)c2ccc3c(c2)CCCC3)sc2cc(C)ccc21. The maximum atomic E-state index is 12.9. The summed E-state index contributed by atoms with van der Waals surface area (Å²) in [6.45, 7) is 6.05. The molecule has 0 saturated heterocycles. The third kappa shape index (κ3) is 3.96. The zero-order valence-corrected chi connectivity index (χ0v) is 17.3. The molecule has 0 N–H and O–H groups in total. The van der Waals surface area contributed by atoms with Crippen LogP contribution in [0.2, 0.25) is 0 Å². The molecule has 1 aliphatic rings. The summed E-state index contributed by atoms with van der Waals surface area (Å²) in [6, 6.07) is 12.4. The summed E-state index contributed by atoms with van der Waals surface area (Å²) < 4.78 is 8.79. The monoisotopic (exact) mass is 394 g/mol. The summed E-state index contributed by atoms with van der Waals surface area (Å²) in [7, 11) is 0. The second-order valence-electron chi connectivity index (χ2n) is 7.31. The van der Waals surface area contributed by atoms with Crippen molar-refractivity contribution in [2.24, 2.45) is 4.99 Å². The van der Waals surface area contributed by atoms with Gasteiger partial charge in [-0.1, -0.05) is 23.5 Å². The van der Waals surface area contributed by atoms with E-state index >= 15 is 0 Å². The lowest BCUT2D eigenvalue weighted by Crippen LogP contribution is -2.20. The van der Waals surface area contributed by atoms with Crippen LogP contribution in [-0.2, 0) is 24.1 Å². The molecule has 3 aromatic rings. The molecule has 4 nitrogen and oxygen atoms in total. The van der Waals surface area contributed by atoms with Crippen LogP contribution in [0, 0.1) is 6.92 Å². The van der Waals surface area contributed by atoms with Crippen molar-refractivity contribution in [2.75, 3.05) is 13.2 Å². The zero-order chi connectivity index (χ0) is 19.5. The third-order valence-electron chi connectivity index (χ3n) is 5.29. The Balaban J connectivity index is 1.73. The second kappa shape index (κ2) is 8.41. The van der Waals surface area contributed by atoms with E-state index in [9.17, 15) is 4.79 Å². The normalized spacial score (nSPS) is 14.4. The second-order valence-corrected chi connectivity index (χ2v) is 8.32. The summed E-state index contributed by atoms with van der Waals surface area (Å²) in [6.07, 6.45) is 4.63. The van der Waals surface area contributed by atoms with Crippen molar-refractivity contribution in [3.63, 3.8) is 0 Å². The molecule has 146 valence electrons. The average molecular weight is 395 g/mol. The number of hydrogen-bond donors (Lipinski definition) is 0. The minimum absolute atomic E-state index is 0.165. The number of amides is 1. The molecule has 28 heavy (non-hydrogen) atoms. The number of thiazole rings is 1. The Hall–Kier alpha value is -2.24. The van der Waals surface area contributed by atoms with Crippen LogP contribution in [0.25, 0.3) is 10.2 Å². The van der Waals surface area contributed by atoms with Gasteiger partial charge >= 0.3 is 0 Å². The Bertz CT molecular complexity index is 1080. The molecule has 2 aromatic carbocycles. The topological polar surface area (TPSA) is 43.6 Å². The van der Waals surface area contributed by atoms with Crippen LogP contribution in [0.4, 0.5) is 0 Å². The molecule has 0 atom stereocenters. The van der Waals surface area contributed by atoms with E-state index in [4.69, 9.17) is 4.74 Å². The van der Waals surface area contributed by atoms with Gasteiger partial charge in [0.15, 0.2) is 4.80 Å². The lowest BCUT2D eigenvalue weighted by atomic mass is 9.90. The molecule has 0 unspecified atom stereocenters. The van der Waals surface area contributed by atoms with E-state index in [1.54, 1.807) is 11.3 Å².